The Morgan fingerprint density at radius 3 is 2.12 bits per heavy atom. The minimum atomic E-state index is 1.05. The van der Waals surface area contributed by atoms with Crippen LogP contribution >= 0.6 is 0 Å². The second-order valence-electron chi connectivity index (χ2n) is 4.98. The molecule has 0 N–H and O–H groups in total. The Labute approximate surface area is 101 Å². The number of aryl methyl sites for hydroxylation is 1. The van der Waals surface area contributed by atoms with Crippen LogP contribution in [0.2, 0.25) is 0 Å². The lowest BCUT2D eigenvalue weighted by Gasteiger charge is -1.96. The van der Waals surface area contributed by atoms with Gasteiger partial charge in [0.05, 0.1) is 0 Å². The molecular weight excluding hydrogens is 192 g/mol. The Morgan fingerprint density at radius 1 is 1.06 bits per heavy atom. The number of benzene rings is 1. The lowest BCUT2D eigenvalue weighted by atomic mass is 10.1. The van der Waals surface area contributed by atoms with Crippen molar-refractivity contribution in [3.8, 4) is 0 Å². The summed E-state index contributed by atoms with van der Waals surface area (Å²) in [7, 11) is 0. The van der Waals surface area contributed by atoms with Crippen LogP contribution in [0.3, 0.4) is 0 Å². The van der Waals surface area contributed by atoms with Crippen LogP contribution in [0.4, 0.5) is 0 Å². The van der Waals surface area contributed by atoms with Crippen LogP contribution in [-0.2, 0) is 6.42 Å². The Morgan fingerprint density at radius 2 is 1.69 bits per heavy atom. The smallest absolute Gasteiger partial charge is 0.0279 e. The first-order valence-corrected chi connectivity index (χ1v) is 6.87. The van der Waals surface area contributed by atoms with Crippen LogP contribution in [0.15, 0.2) is 30.3 Å². The SMILES string of the molecule is CC1CCCC1.CCCCc1ccccc1. The van der Waals surface area contributed by atoms with Crippen LogP contribution in [0.25, 0.3) is 0 Å². The van der Waals surface area contributed by atoms with Crippen molar-refractivity contribution in [2.75, 3.05) is 0 Å². The summed E-state index contributed by atoms with van der Waals surface area (Å²) in [6, 6.07) is 10.6. The lowest BCUT2D eigenvalue weighted by molar-refractivity contribution is 0.612. The predicted octanol–water partition coefficient (Wildman–Crippen LogP) is 5.23. The summed E-state index contributed by atoms with van der Waals surface area (Å²) >= 11 is 0. The fourth-order valence-corrected chi connectivity index (χ4v) is 2.16. The molecule has 0 aromatic heterocycles. The fraction of sp³-hybridized carbons (Fsp3) is 0.625. The van der Waals surface area contributed by atoms with E-state index in [9.17, 15) is 0 Å². The van der Waals surface area contributed by atoms with E-state index < -0.39 is 0 Å². The second kappa shape index (κ2) is 8.38. The van der Waals surface area contributed by atoms with Crippen LogP contribution in [0.5, 0.6) is 0 Å². The quantitative estimate of drug-likeness (QED) is 0.652. The van der Waals surface area contributed by atoms with Crippen molar-refractivity contribution >= 4 is 0 Å². The van der Waals surface area contributed by atoms with Gasteiger partial charge in [-0.15, -0.1) is 0 Å². The van der Waals surface area contributed by atoms with E-state index >= 15 is 0 Å². The maximum absolute atomic E-state index is 2.34. The molecule has 0 unspecified atom stereocenters. The molecule has 0 bridgehead atoms. The van der Waals surface area contributed by atoms with E-state index in [1.807, 2.05) is 0 Å². The molecule has 2 rings (SSSR count). The highest BCUT2D eigenvalue weighted by atomic mass is 14.1. The first-order chi connectivity index (χ1) is 7.83. The van der Waals surface area contributed by atoms with Gasteiger partial charge in [0.2, 0.25) is 0 Å². The normalized spacial score (nSPS) is 15.6. The zero-order chi connectivity index (χ0) is 11.6. The number of rotatable bonds is 3. The third-order valence-corrected chi connectivity index (χ3v) is 3.31. The Hall–Kier alpha value is -0.780. The third kappa shape index (κ3) is 5.95. The maximum Gasteiger partial charge on any atom is -0.0279 e. The molecule has 1 fully saturated rings. The molecule has 1 aliphatic carbocycles. The van der Waals surface area contributed by atoms with Crippen molar-refractivity contribution < 1.29 is 0 Å². The second-order valence-corrected chi connectivity index (χ2v) is 4.98. The van der Waals surface area contributed by atoms with Crippen molar-refractivity contribution in [3.05, 3.63) is 35.9 Å². The zero-order valence-corrected chi connectivity index (χ0v) is 10.9. The monoisotopic (exact) mass is 218 g/mol. The average molecular weight is 218 g/mol. The molecule has 90 valence electrons. The van der Waals surface area contributed by atoms with Gasteiger partial charge in [0, 0.05) is 0 Å². The Kier molecular flexibility index (Phi) is 6.96. The summed E-state index contributed by atoms with van der Waals surface area (Å²) in [5.74, 6) is 1.05. The van der Waals surface area contributed by atoms with E-state index in [4.69, 9.17) is 0 Å². The molecule has 1 aromatic rings. The molecule has 0 radical (unpaired) electrons. The third-order valence-electron chi connectivity index (χ3n) is 3.31. The van der Waals surface area contributed by atoms with E-state index in [0.29, 0.717) is 0 Å². The van der Waals surface area contributed by atoms with Crippen molar-refractivity contribution in [2.24, 2.45) is 5.92 Å². The van der Waals surface area contributed by atoms with E-state index in [0.717, 1.165) is 5.92 Å². The van der Waals surface area contributed by atoms with Gasteiger partial charge in [-0.25, -0.2) is 0 Å². The lowest BCUT2D eigenvalue weighted by Crippen LogP contribution is -1.81. The van der Waals surface area contributed by atoms with Crippen molar-refractivity contribution in [3.63, 3.8) is 0 Å². The van der Waals surface area contributed by atoms with Gasteiger partial charge < -0.3 is 0 Å². The first kappa shape index (κ1) is 13.3. The van der Waals surface area contributed by atoms with Gasteiger partial charge >= 0.3 is 0 Å². The van der Waals surface area contributed by atoms with Gasteiger partial charge in [-0.3, -0.25) is 0 Å². The largest absolute Gasteiger partial charge is 0.0654 e. The zero-order valence-electron chi connectivity index (χ0n) is 10.9. The van der Waals surface area contributed by atoms with Crippen LogP contribution in [-0.4, -0.2) is 0 Å². The number of hydrogen-bond acceptors (Lipinski definition) is 0. The highest BCUT2D eigenvalue weighted by molar-refractivity contribution is 5.14. The van der Waals surface area contributed by atoms with Crippen LogP contribution in [0, 0.1) is 5.92 Å². The van der Waals surface area contributed by atoms with Crippen molar-refractivity contribution in [2.45, 2.75) is 58.8 Å². The van der Waals surface area contributed by atoms with E-state index in [1.54, 1.807) is 0 Å². The molecule has 16 heavy (non-hydrogen) atoms. The first-order valence-electron chi connectivity index (χ1n) is 6.87. The molecule has 0 heterocycles. The van der Waals surface area contributed by atoms with Gasteiger partial charge in [-0.05, 0) is 24.3 Å². The minimum absolute atomic E-state index is 1.05. The number of unbranched alkanes of at least 4 members (excludes halogenated alkanes) is 1. The van der Waals surface area contributed by atoms with E-state index in [-0.39, 0.29) is 0 Å². The maximum atomic E-state index is 2.34. The van der Waals surface area contributed by atoms with Gasteiger partial charge in [-0.2, -0.15) is 0 Å². The van der Waals surface area contributed by atoms with Gasteiger partial charge in [0.1, 0.15) is 0 Å². The highest BCUT2D eigenvalue weighted by Crippen LogP contribution is 2.22. The summed E-state index contributed by atoms with van der Waals surface area (Å²) in [5, 5.41) is 0. The highest BCUT2D eigenvalue weighted by Gasteiger charge is 2.07. The molecule has 1 aromatic carbocycles. The molecule has 0 spiro atoms. The van der Waals surface area contributed by atoms with Gasteiger partial charge in [-0.1, -0.05) is 76.3 Å². The van der Waals surface area contributed by atoms with Gasteiger partial charge in [0.15, 0.2) is 0 Å². The summed E-state index contributed by atoms with van der Waals surface area (Å²) in [4.78, 5) is 0. The van der Waals surface area contributed by atoms with Crippen LogP contribution in [0.1, 0.15) is 57.9 Å². The molecule has 0 nitrogen and oxygen atoms in total. The summed E-state index contributed by atoms with van der Waals surface area (Å²) < 4.78 is 0. The summed E-state index contributed by atoms with van der Waals surface area (Å²) in [6.07, 6.45) is 9.78. The molecule has 0 heteroatoms. The van der Waals surface area contributed by atoms with Crippen LogP contribution < -0.4 is 0 Å². The summed E-state index contributed by atoms with van der Waals surface area (Å²) in [6.45, 7) is 4.57. The topological polar surface area (TPSA) is 0 Å². The van der Waals surface area contributed by atoms with Gasteiger partial charge in [0.25, 0.3) is 0 Å². The molecule has 0 amide bonds. The fourth-order valence-electron chi connectivity index (χ4n) is 2.16. The molecular formula is C16H26. The minimum Gasteiger partial charge on any atom is -0.0654 e. The molecule has 1 saturated carbocycles. The Balaban J connectivity index is 0.000000181. The molecule has 0 saturated heterocycles. The van der Waals surface area contributed by atoms with Crippen molar-refractivity contribution in [1.29, 1.82) is 0 Å². The van der Waals surface area contributed by atoms with E-state index in [2.05, 4.69) is 44.2 Å². The molecule has 0 atom stereocenters. The predicted molar refractivity (Wildman–Crippen MR) is 72.7 cm³/mol. The standard InChI is InChI=1S/C10H14.C6H12/c1-2-3-7-10-8-5-4-6-9-10;1-6-4-2-3-5-6/h4-6,8-9H,2-3,7H2,1H3;6H,2-5H2,1H3. The molecule has 1 aliphatic rings. The molecule has 0 aliphatic heterocycles. The Bertz CT molecular complexity index is 244. The average Bonchev–Trinajstić information content (AvgIpc) is 2.80. The summed E-state index contributed by atoms with van der Waals surface area (Å²) in [5.41, 5.74) is 1.46. The number of hydrogen-bond donors (Lipinski definition) is 0. The van der Waals surface area contributed by atoms with Crippen molar-refractivity contribution in [1.82, 2.24) is 0 Å². The van der Waals surface area contributed by atoms with E-state index in [1.165, 1.54) is 50.5 Å².